The number of benzene rings is 3. The summed E-state index contributed by atoms with van der Waals surface area (Å²) < 4.78 is 50.1. The number of amides is 1. The second-order valence-electron chi connectivity index (χ2n) is 14.0. The van der Waals surface area contributed by atoms with Crippen molar-refractivity contribution in [2.75, 3.05) is 36.0 Å². The van der Waals surface area contributed by atoms with Gasteiger partial charge in [0.1, 0.15) is 36.0 Å². The number of carbonyl (C=O) groups excluding carboxylic acids is 1. The number of hydrogen-bond acceptors (Lipinski definition) is 7. The van der Waals surface area contributed by atoms with Crippen LogP contribution in [0.4, 0.5) is 24.7 Å². The van der Waals surface area contributed by atoms with E-state index in [9.17, 15) is 23.1 Å². The SMILES string of the molecule is C#Cc1c(F)ccc2cc(O)cc(C3=Cc4nc(OC[C@]5(C)C[C@@H](F)CN5c5ccc(F)cc5)nc(N5CCCCC(NC(=O)C=C)C5)c4CC3)c12. The minimum atomic E-state index is -1.11. The van der Waals surface area contributed by atoms with Gasteiger partial charge in [0.05, 0.1) is 16.8 Å². The number of aromatic hydroxyl groups is 1. The van der Waals surface area contributed by atoms with Crippen molar-refractivity contribution in [2.45, 2.75) is 63.2 Å². The third-order valence-electron chi connectivity index (χ3n) is 10.3. The summed E-state index contributed by atoms with van der Waals surface area (Å²) in [5.41, 5.74) is 2.93. The molecule has 2 fully saturated rings. The van der Waals surface area contributed by atoms with Crippen molar-refractivity contribution >= 4 is 39.8 Å². The number of rotatable bonds is 8. The molecule has 0 bridgehead atoms. The van der Waals surface area contributed by atoms with E-state index in [1.54, 1.807) is 30.3 Å². The van der Waals surface area contributed by atoms with Gasteiger partial charge < -0.3 is 25.0 Å². The summed E-state index contributed by atoms with van der Waals surface area (Å²) in [6.07, 6.45) is 11.7. The Morgan fingerprint density at radius 3 is 2.73 bits per heavy atom. The number of phenols is 1. The second-order valence-corrected chi connectivity index (χ2v) is 14.0. The van der Waals surface area contributed by atoms with Crippen LogP contribution in [0, 0.1) is 24.0 Å². The maximum atomic E-state index is 15.0. The van der Waals surface area contributed by atoms with Crippen LogP contribution < -0.4 is 19.9 Å². The van der Waals surface area contributed by atoms with Crippen molar-refractivity contribution in [1.82, 2.24) is 15.3 Å². The number of terminal acetylenes is 1. The van der Waals surface area contributed by atoms with Crippen molar-refractivity contribution in [3.05, 3.63) is 95.2 Å². The summed E-state index contributed by atoms with van der Waals surface area (Å²) in [7, 11) is 0. The Balaban J connectivity index is 1.30. The number of fused-ring (bicyclic) bond motifs is 2. The largest absolute Gasteiger partial charge is 0.508 e. The highest BCUT2D eigenvalue weighted by Crippen LogP contribution is 2.41. The average molecular weight is 708 g/mol. The Kier molecular flexibility index (Phi) is 9.58. The van der Waals surface area contributed by atoms with Gasteiger partial charge in [-0.05, 0) is 110 Å². The van der Waals surface area contributed by atoms with Gasteiger partial charge in [0, 0.05) is 48.7 Å². The molecule has 2 N–H and O–H groups in total. The molecule has 3 heterocycles. The summed E-state index contributed by atoms with van der Waals surface area (Å²) in [5, 5.41) is 14.9. The zero-order valence-corrected chi connectivity index (χ0v) is 29.0. The molecule has 0 saturated carbocycles. The first-order valence-corrected chi connectivity index (χ1v) is 17.6. The number of aromatic nitrogens is 2. The molecule has 11 heteroatoms. The van der Waals surface area contributed by atoms with Gasteiger partial charge in [0.2, 0.25) is 5.91 Å². The molecule has 0 radical (unpaired) electrons. The first-order valence-electron chi connectivity index (χ1n) is 17.6. The van der Waals surface area contributed by atoms with Crippen molar-refractivity contribution in [3.63, 3.8) is 0 Å². The monoisotopic (exact) mass is 707 g/mol. The van der Waals surface area contributed by atoms with E-state index in [1.807, 2.05) is 17.9 Å². The lowest BCUT2D eigenvalue weighted by Gasteiger charge is -2.36. The molecule has 2 saturated heterocycles. The maximum absolute atomic E-state index is 15.0. The summed E-state index contributed by atoms with van der Waals surface area (Å²) >= 11 is 0. The fourth-order valence-corrected chi connectivity index (χ4v) is 7.86. The molecule has 3 aliphatic rings. The fourth-order valence-electron chi connectivity index (χ4n) is 7.86. The lowest BCUT2D eigenvalue weighted by molar-refractivity contribution is -0.117. The molecule has 4 aromatic rings. The van der Waals surface area contributed by atoms with Crippen LogP contribution in [-0.2, 0) is 11.2 Å². The molecule has 1 amide bonds. The number of allylic oxidation sites excluding steroid dienone is 1. The number of ether oxygens (including phenoxy) is 1. The fraction of sp³-hybridized carbons (Fsp3) is 0.341. The zero-order valence-electron chi connectivity index (χ0n) is 29.0. The molecular formula is C41H40F3N5O3. The normalized spacial score (nSPS) is 21.6. The molecule has 1 unspecified atom stereocenters. The number of carbonyl (C=O) groups is 1. The topological polar surface area (TPSA) is 90.8 Å². The van der Waals surface area contributed by atoms with E-state index in [1.165, 1.54) is 24.3 Å². The molecule has 7 rings (SSSR count). The van der Waals surface area contributed by atoms with Crippen molar-refractivity contribution in [3.8, 4) is 24.1 Å². The lowest BCUT2D eigenvalue weighted by atomic mass is 9.87. The van der Waals surface area contributed by atoms with Crippen LogP contribution in [0.15, 0.2) is 61.2 Å². The summed E-state index contributed by atoms with van der Waals surface area (Å²) in [6, 6.07) is 12.0. The molecule has 8 nitrogen and oxygen atoms in total. The number of phenolic OH excluding ortho intramolecular Hbond substituents is 1. The molecule has 0 spiro atoms. The van der Waals surface area contributed by atoms with Gasteiger partial charge in [0.15, 0.2) is 0 Å². The number of anilines is 2. The summed E-state index contributed by atoms with van der Waals surface area (Å²) in [5.74, 6) is 2.06. The van der Waals surface area contributed by atoms with Gasteiger partial charge in [-0.1, -0.05) is 18.6 Å². The van der Waals surface area contributed by atoms with E-state index < -0.39 is 17.5 Å². The molecule has 3 atom stereocenters. The third-order valence-corrected chi connectivity index (χ3v) is 10.3. The minimum absolute atomic E-state index is 0.0232. The van der Waals surface area contributed by atoms with E-state index >= 15 is 0 Å². The standard InChI is InChI=1S/C41H40F3N5O3/c1-4-32-35(44)16-10-26-18-31(50)20-34(38(26)32)25-9-15-33-36(19-25)46-40(47-39(33)48-17-7-6-8-29(23-48)45-37(51)5-2)52-24-41(3)21-28(43)22-49(41)30-13-11-27(42)12-14-30/h1,5,10-14,16,18-20,28-29,50H,2,6-9,15,17,21-24H2,3H3,(H,45,51)/t28-,29?,41+/m1/s1. The number of alkyl halides is 1. The van der Waals surface area contributed by atoms with Crippen LogP contribution >= 0.6 is 0 Å². The van der Waals surface area contributed by atoms with Crippen LogP contribution in [0.2, 0.25) is 0 Å². The van der Waals surface area contributed by atoms with Crippen LogP contribution in [0.1, 0.15) is 61.4 Å². The third kappa shape index (κ3) is 6.90. The van der Waals surface area contributed by atoms with E-state index in [0.29, 0.717) is 59.5 Å². The van der Waals surface area contributed by atoms with Crippen LogP contribution in [0.3, 0.4) is 0 Å². The quantitative estimate of drug-likeness (QED) is 0.149. The number of hydrogen-bond donors (Lipinski definition) is 2. The van der Waals surface area contributed by atoms with Crippen molar-refractivity contribution in [1.29, 1.82) is 0 Å². The van der Waals surface area contributed by atoms with Gasteiger partial charge in [0.25, 0.3) is 0 Å². The van der Waals surface area contributed by atoms with Crippen LogP contribution in [-0.4, -0.2) is 65.0 Å². The van der Waals surface area contributed by atoms with E-state index in [2.05, 4.69) is 22.7 Å². The van der Waals surface area contributed by atoms with Gasteiger partial charge in [-0.25, -0.2) is 13.2 Å². The van der Waals surface area contributed by atoms with Gasteiger partial charge >= 0.3 is 6.01 Å². The highest BCUT2D eigenvalue weighted by molar-refractivity contribution is 6.02. The highest BCUT2D eigenvalue weighted by atomic mass is 19.1. The molecule has 1 aromatic heterocycles. The Morgan fingerprint density at radius 2 is 1.96 bits per heavy atom. The lowest BCUT2D eigenvalue weighted by Crippen LogP contribution is -2.46. The maximum Gasteiger partial charge on any atom is 0.319 e. The molecule has 52 heavy (non-hydrogen) atoms. The average Bonchev–Trinajstić information content (AvgIpc) is 3.27. The smallest absolute Gasteiger partial charge is 0.319 e. The highest BCUT2D eigenvalue weighted by Gasteiger charge is 2.43. The summed E-state index contributed by atoms with van der Waals surface area (Å²) in [6.45, 7) is 6.91. The molecule has 1 aliphatic carbocycles. The molecule has 268 valence electrons. The summed E-state index contributed by atoms with van der Waals surface area (Å²) in [4.78, 5) is 26.2. The van der Waals surface area contributed by atoms with E-state index in [-0.39, 0.29) is 54.7 Å². The zero-order chi connectivity index (χ0) is 36.6. The minimum Gasteiger partial charge on any atom is -0.508 e. The molecule has 2 aliphatic heterocycles. The number of halogens is 3. The van der Waals surface area contributed by atoms with E-state index in [0.717, 1.165) is 30.4 Å². The Hall–Kier alpha value is -5.50. The van der Waals surface area contributed by atoms with Crippen LogP contribution in [0.25, 0.3) is 22.4 Å². The Bertz CT molecular complexity index is 2110. The van der Waals surface area contributed by atoms with Crippen molar-refractivity contribution < 1.29 is 27.8 Å². The number of nitrogens with zero attached hydrogens (tertiary/aromatic N) is 4. The van der Waals surface area contributed by atoms with Gasteiger partial charge in [-0.2, -0.15) is 9.97 Å². The van der Waals surface area contributed by atoms with Gasteiger partial charge in [-0.15, -0.1) is 6.42 Å². The van der Waals surface area contributed by atoms with Gasteiger partial charge in [-0.3, -0.25) is 4.79 Å². The first-order chi connectivity index (χ1) is 25.0. The van der Waals surface area contributed by atoms with E-state index in [4.69, 9.17) is 21.1 Å². The number of nitrogens with one attached hydrogen (secondary N) is 1. The van der Waals surface area contributed by atoms with Crippen LogP contribution in [0.5, 0.6) is 11.8 Å². The predicted molar refractivity (Wildman–Crippen MR) is 197 cm³/mol. The Morgan fingerprint density at radius 1 is 1.15 bits per heavy atom. The predicted octanol–water partition coefficient (Wildman–Crippen LogP) is 7.13. The molecule has 3 aromatic carbocycles. The second kappa shape index (κ2) is 14.3. The first kappa shape index (κ1) is 34.9. The molecular weight excluding hydrogens is 667 g/mol. The Labute approximate surface area is 301 Å². The van der Waals surface area contributed by atoms with Crippen molar-refractivity contribution in [2.24, 2.45) is 0 Å².